The van der Waals surface area contributed by atoms with Crippen molar-refractivity contribution in [3.05, 3.63) is 73.4 Å². The third-order valence-electron chi connectivity index (χ3n) is 2.98. The smallest absolute Gasteiger partial charge is 0.269 e. The average Bonchev–Trinajstić information content (AvgIpc) is 2.48. The molecule has 2 rings (SSSR count). The first kappa shape index (κ1) is 16.2. The quantitative estimate of drug-likeness (QED) is 0.358. The van der Waals surface area contributed by atoms with Crippen molar-refractivity contribution >= 4 is 45.9 Å². The number of amides is 1. The number of carbonyl (C=O) groups is 1. The van der Waals surface area contributed by atoms with Crippen LogP contribution in [-0.4, -0.2) is 10.8 Å². The Morgan fingerprint density at radius 2 is 1.91 bits per heavy atom. The number of non-ortho nitro benzene ring substituents is 1. The Labute approximate surface area is 141 Å². The number of nitro groups is 1. The molecule has 1 N–H and O–H groups in total. The summed E-state index contributed by atoms with van der Waals surface area (Å²) in [5.41, 5.74) is 2.50. The van der Waals surface area contributed by atoms with Crippen molar-refractivity contribution in [2.45, 2.75) is 6.92 Å². The van der Waals surface area contributed by atoms with E-state index in [4.69, 9.17) is 0 Å². The number of hydrogen-bond acceptors (Lipinski definition) is 3. The first-order chi connectivity index (χ1) is 10.5. The van der Waals surface area contributed by atoms with Gasteiger partial charge in [0.25, 0.3) is 5.69 Å². The van der Waals surface area contributed by atoms with Gasteiger partial charge >= 0.3 is 0 Å². The zero-order valence-electron chi connectivity index (χ0n) is 11.7. The van der Waals surface area contributed by atoms with E-state index in [-0.39, 0.29) is 11.6 Å². The molecule has 0 unspecified atom stereocenters. The van der Waals surface area contributed by atoms with Crippen LogP contribution in [0.3, 0.4) is 0 Å². The van der Waals surface area contributed by atoms with Gasteiger partial charge in [-0.25, -0.2) is 0 Å². The van der Waals surface area contributed by atoms with Crippen LogP contribution in [0, 0.1) is 20.6 Å². The summed E-state index contributed by atoms with van der Waals surface area (Å²) in [4.78, 5) is 22.0. The third-order valence-corrected chi connectivity index (χ3v) is 3.65. The largest absolute Gasteiger partial charge is 0.322 e. The number of nitro benzene ring substituents is 1. The van der Waals surface area contributed by atoms with Crippen molar-refractivity contribution in [1.82, 2.24) is 0 Å². The molecule has 112 valence electrons. The van der Waals surface area contributed by atoms with Gasteiger partial charge in [0.15, 0.2) is 0 Å². The molecule has 0 aliphatic carbocycles. The van der Waals surface area contributed by atoms with E-state index in [1.807, 2.05) is 25.1 Å². The van der Waals surface area contributed by atoms with Crippen LogP contribution in [0.25, 0.3) is 6.08 Å². The average molecular weight is 408 g/mol. The molecule has 2 aromatic carbocycles. The lowest BCUT2D eigenvalue weighted by Gasteiger charge is -2.06. The van der Waals surface area contributed by atoms with Crippen molar-refractivity contribution < 1.29 is 9.72 Å². The topological polar surface area (TPSA) is 72.2 Å². The molecule has 6 heteroatoms. The number of nitrogens with one attached hydrogen (secondary N) is 1. The summed E-state index contributed by atoms with van der Waals surface area (Å²) in [6, 6.07) is 11.8. The molecule has 0 fully saturated rings. The highest BCUT2D eigenvalue weighted by molar-refractivity contribution is 14.1. The molecule has 0 radical (unpaired) electrons. The van der Waals surface area contributed by atoms with Crippen LogP contribution in [0.2, 0.25) is 0 Å². The summed E-state index contributed by atoms with van der Waals surface area (Å²) in [6.45, 7) is 1.93. The van der Waals surface area contributed by atoms with Crippen LogP contribution in [0.5, 0.6) is 0 Å². The number of rotatable bonds is 4. The molecular formula is C16H13IN2O3. The van der Waals surface area contributed by atoms with E-state index in [9.17, 15) is 14.9 Å². The molecular weight excluding hydrogens is 395 g/mol. The van der Waals surface area contributed by atoms with Gasteiger partial charge in [-0.3, -0.25) is 14.9 Å². The van der Waals surface area contributed by atoms with E-state index >= 15 is 0 Å². The molecule has 2 aromatic rings. The Bertz CT molecular complexity index is 740. The minimum Gasteiger partial charge on any atom is -0.322 e. The Hall–Kier alpha value is -2.22. The fourth-order valence-electron chi connectivity index (χ4n) is 1.82. The zero-order chi connectivity index (χ0) is 16.1. The van der Waals surface area contributed by atoms with Gasteiger partial charge in [0.2, 0.25) is 5.91 Å². The summed E-state index contributed by atoms with van der Waals surface area (Å²) in [5, 5.41) is 13.4. The van der Waals surface area contributed by atoms with Crippen LogP contribution in [0.15, 0.2) is 48.5 Å². The van der Waals surface area contributed by atoms with Gasteiger partial charge in [-0.05, 0) is 77.0 Å². The van der Waals surface area contributed by atoms with E-state index in [0.717, 1.165) is 20.4 Å². The molecule has 0 spiro atoms. The van der Waals surface area contributed by atoms with Crippen molar-refractivity contribution in [2.75, 3.05) is 5.32 Å². The van der Waals surface area contributed by atoms with Crippen molar-refractivity contribution in [3.8, 4) is 0 Å². The highest BCUT2D eigenvalue weighted by atomic mass is 127. The number of nitrogens with zero attached hydrogens (tertiary/aromatic N) is 1. The summed E-state index contributed by atoms with van der Waals surface area (Å²) in [6.07, 6.45) is 3.01. The van der Waals surface area contributed by atoms with Crippen LogP contribution in [-0.2, 0) is 4.79 Å². The number of carbonyl (C=O) groups excluding carboxylic acids is 1. The highest BCUT2D eigenvalue weighted by Gasteiger charge is 2.04. The molecule has 0 atom stereocenters. The Kier molecular flexibility index (Phi) is 5.26. The molecule has 0 aromatic heterocycles. The fourth-order valence-corrected chi connectivity index (χ4v) is 2.47. The molecule has 5 nitrogen and oxygen atoms in total. The van der Waals surface area contributed by atoms with Gasteiger partial charge in [0.05, 0.1) is 4.92 Å². The summed E-state index contributed by atoms with van der Waals surface area (Å²) in [7, 11) is 0. The van der Waals surface area contributed by atoms with Crippen LogP contribution in [0.1, 0.15) is 11.1 Å². The second-order valence-corrected chi connectivity index (χ2v) is 5.88. The number of anilines is 1. The SMILES string of the molecule is Cc1cc(I)ccc1NC(=O)/C=C/c1ccc([N+](=O)[O-])cc1. The molecule has 1 amide bonds. The monoisotopic (exact) mass is 408 g/mol. The number of aryl methyl sites for hydroxylation is 1. The van der Waals surface area contributed by atoms with Gasteiger partial charge in [-0.2, -0.15) is 0 Å². The fraction of sp³-hybridized carbons (Fsp3) is 0.0625. The molecule has 0 saturated carbocycles. The maximum absolute atomic E-state index is 11.9. The lowest BCUT2D eigenvalue weighted by Crippen LogP contribution is -2.08. The van der Waals surface area contributed by atoms with Crippen LogP contribution in [0.4, 0.5) is 11.4 Å². The second kappa shape index (κ2) is 7.17. The molecule has 0 aliphatic rings. The molecule has 0 heterocycles. The number of halogens is 1. The summed E-state index contributed by atoms with van der Waals surface area (Å²) < 4.78 is 1.11. The molecule has 0 bridgehead atoms. The van der Waals surface area contributed by atoms with Gasteiger partial charge in [0.1, 0.15) is 0 Å². The van der Waals surface area contributed by atoms with Gasteiger partial charge in [-0.1, -0.05) is 0 Å². The summed E-state index contributed by atoms with van der Waals surface area (Å²) >= 11 is 2.21. The zero-order valence-corrected chi connectivity index (χ0v) is 13.9. The number of benzene rings is 2. The van der Waals surface area contributed by atoms with Gasteiger partial charge in [0, 0.05) is 27.5 Å². The van der Waals surface area contributed by atoms with Crippen molar-refractivity contribution in [3.63, 3.8) is 0 Å². The standard InChI is InChI=1S/C16H13IN2O3/c1-11-10-13(17)5-8-15(11)18-16(20)9-4-12-2-6-14(7-3-12)19(21)22/h2-10H,1H3,(H,18,20)/b9-4+. The highest BCUT2D eigenvalue weighted by Crippen LogP contribution is 2.18. The van der Waals surface area contributed by atoms with E-state index < -0.39 is 4.92 Å². The van der Waals surface area contributed by atoms with Crippen molar-refractivity contribution in [2.24, 2.45) is 0 Å². The molecule has 0 saturated heterocycles. The predicted octanol–water partition coefficient (Wildman–Crippen LogP) is 4.16. The lowest BCUT2D eigenvalue weighted by atomic mass is 10.2. The van der Waals surface area contributed by atoms with Crippen LogP contribution < -0.4 is 5.32 Å². The van der Waals surface area contributed by atoms with Gasteiger partial charge < -0.3 is 5.32 Å². The van der Waals surface area contributed by atoms with E-state index in [1.165, 1.54) is 18.2 Å². The number of hydrogen-bond donors (Lipinski definition) is 1. The van der Waals surface area contributed by atoms with Gasteiger partial charge in [-0.15, -0.1) is 0 Å². The predicted molar refractivity (Wildman–Crippen MR) is 94.7 cm³/mol. The third kappa shape index (κ3) is 4.39. The van der Waals surface area contributed by atoms with Crippen molar-refractivity contribution in [1.29, 1.82) is 0 Å². The Morgan fingerprint density at radius 1 is 1.23 bits per heavy atom. The van der Waals surface area contributed by atoms with E-state index in [2.05, 4.69) is 27.9 Å². The first-order valence-corrected chi connectivity index (χ1v) is 7.53. The maximum atomic E-state index is 11.9. The Morgan fingerprint density at radius 3 is 2.50 bits per heavy atom. The normalized spacial score (nSPS) is 10.6. The maximum Gasteiger partial charge on any atom is 0.269 e. The van der Waals surface area contributed by atoms with E-state index in [0.29, 0.717) is 0 Å². The minimum absolute atomic E-state index is 0.0242. The second-order valence-electron chi connectivity index (χ2n) is 4.63. The first-order valence-electron chi connectivity index (χ1n) is 6.45. The van der Waals surface area contributed by atoms with E-state index in [1.54, 1.807) is 18.2 Å². The molecule has 0 aliphatic heterocycles. The van der Waals surface area contributed by atoms with Crippen LogP contribution >= 0.6 is 22.6 Å². The Balaban J connectivity index is 2.03. The lowest BCUT2D eigenvalue weighted by molar-refractivity contribution is -0.384. The molecule has 22 heavy (non-hydrogen) atoms. The minimum atomic E-state index is -0.459. The summed E-state index contributed by atoms with van der Waals surface area (Å²) in [5.74, 6) is -0.248.